The fourth-order valence-corrected chi connectivity index (χ4v) is 3.68. The molecule has 1 aliphatic heterocycles. The summed E-state index contributed by atoms with van der Waals surface area (Å²) in [5.74, 6) is -0.777. The minimum Gasteiger partial charge on any atom is -0.466 e. The van der Waals surface area contributed by atoms with Crippen molar-refractivity contribution in [1.82, 2.24) is 9.21 Å². The second kappa shape index (κ2) is 7.97. The molecule has 1 amide bonds. The second-order valence-corrected chi connectivity index (χ2v) is 8.31. The van der Waals surface area contributed by atoms with Crippen LogP contribution in [-0.4, -0.2) is 63.3 Å². The maximum Gasteiger partial charge on any atom is 0.310 e. The van der Waals surface area contributed by atoms with Crippen molar-refractivity contribution in [2.24, 2.45) is 5.92 Å². The summed E-state index contributed by atoms with van der Waals surface area (Å²) in [6.45, 7) is 2.99. The first-order chi connectivity index (χ1) is 11.8. The van der Waals surface area contributed by atoms with E-state index >= 15 is 0 Å². The summed E-state index contributed by atoms with van der Waals surface area (Å²) in [5, 5.41) is 0. The maximum absolute atomic E-state index is 12.6. The van der Waals surface area contributed by atoms with E-state index in [0.29, 0.717) is 31.7 Å². The topological polar surface area (TPSA) is 84.0 Å². The second-order valence-electron chi connectivity index (χ2n) is 6.15. The van der Waals surface area contributed by atoms with Crippen LogP contribution in [-0.2, 0) is 19.6 Å². The third-order valence-corrected chi connectivity index (χ3v) is 6.04. The normalized spacial score (nSPS) is 18.2. The first-order valence-corrected chi connectivity index (χ1v) is 9.70. The van der Waals surface area contributed by atoms with Crippen LogP contribution in [0.5, 0.6) is 0 Å². The Bertz CT molecular complexity index is 728. The average molecular weight is 368 g/mol. The van der Waals surface area contributed by atoms with Crippen LogP contribution in [0.3, 0.4) is 0 Å². The Morgan fingerprint density at radius 1 is 1.24 bits per heavy atom. The fourth-order valence-electron chi connectivity index (χ4n) is 2.78. The predicted octanol–water partition coefficient (Wildman–Crippen LogP) is 1.35. The minimum absolute atomic E-state index is 0.136. The van der Waals surface area contributed by atoms with Gasteiger partial charge in [0.15, 0.2) is 0 Å². The van der Waals surface area contributed by atoms with E-state index in [1.807, 2.05) is 0 Å². The van der Waals surface area contributed by atoms with Gasteiger partial charge in [0.05, 0.1) is 17.4 Å². The van der Waals surface area contributed by atoms with E-state index in [1.165, 1.54) is 38.4 Å². The Balaban J connectivity index is 2.11. The van der Waals surface area contributed by atoms with Crippen LogP contribution in [0.25, 0.3) is 0 Å². The third-order valence-electron chi connectivity index (χ3n) is 4.21. The van der Waals surface area contributed by atoms with Crippen molar-refractivity contribution in [3.63, 3.8) is 0 Å². The van der Waals surface area contributed by atoms with E-state index in [4.69, 9.17) is 4.74 Å². The van der Waals surface area contributed by atoms with Crippen LogP contribution in [0.15, 0.2) is 29.2 Å². The number of benzene rings is 1. The van der Waals surface area contributed by atoms with Crippen molar-refractivity contribution in [3.8, 4) is 0 Å². The molecule has 0 saturated carbocycles. The molecule has 138 valence electrons. The first kappa shape index (κ1) is 19.4. The minimum atomic E-state index is -3.52. The quantitative estimate of drug-likeness (QED) is 0.733. The summed E-state index contributed by atoms with van der Waals surface area (Å²) in [5.41, 5.74) is 0.405. The molecule has 0 aliphatic carbocycles. The molecule has 25 heavy (non-hydrogen) atoms. The smallest absolute Gasteiger partial charge is 0.310 e. The van der Waals surface area contributed by atoms with Crippen LogP contribution < -0.4 is 0 Å². The molecule has 7 nitrogen and oxygen atoms in total. The average Bonchev–Trinajstić information content (AvgIpc) is 2.61. The molecule has 0 bridgehead atoms. The Labute approximate surface area is 148 Å². The molecule has 1 saturated heterocycles. The number of hydrogen-bond acceptors (Lipinski definition) is 5. The van der Waals surface area contributed by atoms with Gasteiger partial charge in [-0.2, -0.15) is 0 Å². The number of ether oxygens (including phenoxy) is 1. The van der Waals surface area contributed by atoms with Gasteiger partial charge in [0.1, 0.15) is 0 Å². The zero-order valence-electron chi connectivity index (χ0n) is 14.8. The first-order valence-electron chi connectivity index (χ1n) is 8.26. The number of sulfonamides is 1. The molecular formula is C17H24N2O5S. The number of esters is 1. The van der Waals surface area contributed by atoms with Gasteiger partial charge in [0.2, 0.25) is 10.0 Å². The number of likely N-dealkylation sites (tertiary alicyclic amines) is 1. The summed E-state index contributed by atoms with van der Waals surface area (Å²) >= 11 is 0. The van der Waals surface area contributed by atoms with E-state index in [-0.39, 0.29) is 22.7 Å². The highest BCUT2D eigenvalue weighted by Gasteiger charge is 2.30. The molecule has 1 aromatic carbocycles. The standard InChI is InChI=1S/C17H24N2O5S/c1-4-24-17(21)14-6-5-11-19(12-14)16(20)13-7-9-15(10-8-13)25(22,23)18(2)3/h7-10,14H,4-6,11-12H2,1-3H3. The highest BCUT2D eigenvalue weighted by atomic mass is 32.2. The van der Waals surface area contributed by atoms with Crippen molar-refractivity contribution in [2.75, 3.05) is 33.8 Å². The molecule has 8 heteroatoms. The third kappa shape index (κ3) is 4.38. The summed E-state index contributed by atoms with van der Waals surface area (Å²) in [7, 11) is -0.611. The molecule has 1 aliphatic rings. The van der Waals surface area contributed by atoms with Crippen LogP contribution in [0.1, 0.15) is 30.1 Å². The molecule has 0 N–H and O–H groups in total. The van der Waals surface area contributed by atoms with Gasteiger partial charge in [-0.1, -0.05) is 0 Å². The lowest BCUT2D eigenvalue weighted by atomic mass is 9.97. The van der Waals surface area contributed by atoms with Gasteiger partial charge in [0.25, 0.3) is 5.91 Å². The van der Waals surface area contributed by atoms with Crippen LogP contribution in [0, 0.1) is 5.92 Å². The summed E-state index contributed by atoms with van der Waals surface area (Å²) in [4.78, 5) is 26.3. The van der Waals surface area contributed by atoms with E-state index < -0.39 is 10.0 Å². The van der Waals surface area contributed by atoms with Gasteiger partial charge in [-0.3, -0.25) is 9.59 Å². The van der Waals surface area contributed by atoms with Crippen molar-refractivity contribution >= 4 is 21.9 Å². The molecule has 1 atom stereocenters. The number of piperidine rings is 1. The SMILES string of the molecule is CCOC(=O)C1CCCN(C(=O)c2ccc(S(=O)(=O)N(C)C)cc2)C1. The summed E-state index contributed by atoms with van der Waals surface area (Å²) in [6.07, 6.45) is 1.45. The molecule has 0 radical (unpaired) electrons. The molecule has 1 fully saturated rings. The zero-order valence-corrected chi connectivity index (χ0v) is 15.6. The highest BCUT2D eigenvalue weighted by Crippen LogP contribution is 2.21. The highest BCUT2D eigenvalue weighted by molar-refractivity contribution is 7.89. The van der Waals surface area contributed by atoms with Gasteiger partial charge >= 0.3 is 5.97 Å². The molecule has 0 spiro atoms. The van der Waals surface area contributed by atoms with Gasteiger partial charge < -0.3 is 9.64 Å². The molecule has 2 rings (SSSR count). The lowest BCUT2D eigenvalue weighted by molar-refractivity contribution is -0.149. The largest absolute Gasteiger partial charge is 0.466 e. The monoisotopic (exact) mass is 368 g/mol. The van der Waals surface area contributed by atoms with Gasteiger partial charge in [0, 0.05) is 32.7 Å². The maximum atomic E-state index is 12.6. The lowest BCUT2D eigenvalue weighted by Crippen LogP contribution is -2.42. The summed E-state index contributed by atoms with van der Waals surface area (Å²) < 4.78 is 30.3. The van der Waals surface area contributed by atoms with E-state index in [2.05, 4.69) is 0 Å². The van der Waals surface area contributed by atoms with Gasteiger partial charge in [-0.05, 0) is 44.0 Å². The number of rotatable bonds is 5. The fraction of sp³-hybridized carbons (Fsp3) is 0.529. The summed E-state index contributed by atoms with van der Waals surface area (Å²) in [6, 6.07) is 5.87. The zero-order chi connectivity index (χ0) is 18.6. The van der Waals surface area contributed by atoms with E-state index in [0.717, 1.165) is 10.7 Å². The van der Waals surface area contributed by atoms with Crippen molar-refractivity contribution < 1.29 is 22.7 Å². The van der Waals surface area contributed by atoms with Crippen LogP contribution >= 0.6 is 0 Å². The molecular weight excluding hydrogens is 344 g/mol. The number of amides is 1. The Morgan fingerprint density at radius 3 is 2.44 bits per heavy atom. The lowest BCUT2D eigenvalue weighted by Gasteiger charge is -2.31. The van der Waals surface area contributed by atoms with Crippen LogP contribution in [0.4, 0.5) is 0 Å². The van der Waals surface area contributed by atoms with Crippen molar-refractivity contribution in [3.05, 3.63) is 29.8 Å². The van der Waals surface area contributed by atoms with Crippen LogP contribution in [0.2, 0.25) is 0 Å². The Morgan fingerprint density at radius 2 is 1.88 bits per heavy atom. The number of nitrogens with zero attached hydrogens (tertiary/aromatic N) is 2. The number of carbonyl (C=O) groups is 2. The Kier molecular flexibility index (Phi) is 6.18. The van der Waals surface area contributed by atoms with E-state index in [9.17, 15) is 18.0 Å². The van der Waals surface area contributed by atoms with Gasteiger partial charge in [-0.15, -0.1) is 0 Å². The van der Waals surface area contributed by atoms with E-state index in [1.54, 1.807) is 11.8 Å². The van der Waals surface area contributed by atoms with Crippen molar-refractivity contribution in [2.45, 2.75) is 24.7 Å². The number of carbonyl (C=O) groups excluding carboxylic acids is 2. The predicted molar refractivity (Wildman–Crippen MR) is 92.6 cm³/mol. The molecule has 1 aromatic rings. The Hall–Kier alpha value is -1.93. The van der Waals surface area contributed by atoms with Gasteiger partial charge in [-0.25, -0.2) is 12.7 Å². The molecule has 1 unspecified atom stereocenters. The molecule has 0 aromatic heterocycles. The molecule has 1 heterocycles. The number of hydrogen-bond donors (Lipinski definition) is 0. The van der Waals surface area contributed by atoms with Crippen molar-refractivity contribution in [1.29, 1.82) is 0 Å².